The molecule has 152 valence electrons. The molecule has 2 fully saturated rings. The first-order valence-electron chi connectivity index (χ1n) is 9.25. The van der Waals surface area contributed by atoms with Gasteiger partial charge < -0.3 is 19.7 Å². The van der Waals surface area contributed by atoms with Gasteiger partial charge in [-0.15, -0.1) is 11.3 Å². The third kappa shape index (κ3) is 5.55. The lowest BCUT2D eigenvalue weighted by Crippen LogP contribution is -2.53. The SMILES string of the molecule is CCNC(=NCCc1nc(C(F)(F)F)cs1)N1CCOC(C2CCCO2)C1. The van der Waals surface area contributed by atoms with Crippen LogP contribution in [0, 0.1) is 0 Å². The number of ether oxygens (including phenoxy) is 2. The maximum Gasteiger partial charge on any atom is 0.434 e. The zero-order valence-corrected chi connectivity index (χ0v) is 16.1. The van der Waals surface area contributed by atoms with Crippen molar-refractivity contribution in [3.05, 3.63) is 16.1 Å². The Morgan fingerprint density at radius 2 is 2.19 bits per heavy atom. The number of aromatic nitrogens is 1. The Morgan fingerprint density at radius 1 is 1.37 bits per heavy atom. The zero-order valence-electron chi connectivity index (χ0n) is 15.3. The first kappa shape index (κ1) is 20.3. The molecule has 6 nitrogen and oxygen atoms in total. The highest BCUT2D eigenvalue weighted by Crippen LogP contribution is 2.30. The van der Waals surface area contributed by atoms with Crippen LogP contribution < -0.4 is 5.32 Å². The molecule has 0 amide bonds. The molecule has 0 spiro atoms. The molecule has 0 saturated carbocycles. The van der Waals surface area contributed by atoms with Gasteiger partial charge in [-0.1, -0.05) is 0 Å². The van der Waals surface area contributed by atoms with Crippen LogP contribution in [0.2, 0.25) is 0 Å². The van der Waals surface area contributed by atoms with Crippen LogP contribution in [0.4, 0.5) is 13.2 Å². The number of hydrogen-bond donors (Lipinski definition) is 1. The van der Waals surface area contributed by atoms with E-state index in [9.17, 15) is 13.2 Å². The number of hydrogen-bond acceptors (Lipinski definition) is 5. The monoisotopic (exact) mass is 406 g/mol. The van der Waals surface area contributed by atoms with Gasteiger partial charge in [0, 0.05) is 44.6 Å². The van der Waals surface area contributed by atoms with Crippen molar-refractivity contribution in [3.63, 3.8) is 0 Å². The summed E-state index contributed by atoms with van der Waals surface area (Å²) in [6.45, 7) is 5.91. The largest absolute Gasteiger partial charge is 0.434 e. The Morgan fingerprint density at radius 3 is 2.85 bits per heavy atom. The molecule has 2 atom stereocenters. The van der Waals surface area contributed by atoms with Gasteiger partial charge in [-0.3, -0.25) is 4.99 Å². The summed E-state index contributed by atoms with van der Waals surface area (Å²) < 4.78 is 49.5. The highest BCUT2D eigenvalue weighted by atomic mass is 32.1. The van der Waals surface area contributed by atoms with Crippen molar-refractivity contribution in [2.75, 3.05) is 39.4 Å². The number of nitrogens with one attached hydrogen (secondary N) is 1. The van der Waals surface area contributed by atoms with Crippen molar-refractivity contribution in [1.29, 1.82) is 0 Å². The quantitative estimate of drug-likeness (QED) is 0.602. The molecular weight excluding hydrogens is 381 g/mol. The Labute approximate surface area is 160 Å². The molecule has 10 heteroatoms. The van der Waals surface area contributed by atoms with E-state index in [2.05, 4.69) is 20.2 Å². The Kier molecular flexibility index (Phi) is 6.93. The summed E-state index contributed by atoms with van der Waals surface area (Å²) in [4.78, 5) is 10.4. The van der Waals surface area contributed by atoms with Gasteiger partial charge in [-0.25, -0.2) is 4.98 Å². The van der Waals surface area contributed by atoms with Gasteiger partial charge in [0.25, 0.3) is 0 Å². The highest BCUT2D eigenvalue weighted by Gasteiger charge is 2.34. The average Bonchev–Trinajstić information content (AvgIpc) is 3.33. The average molecular weight is 406 g/mol. The maximum atomic E-state index is 12.6. The van der Waals surface area contributed by atoms with Gasteiger partial charge in [0.15, 0.2) is 11.7 Å². The number of rotatable bonds is 5. The number of nitrogens with zero attached hydrogens (tertiary/aromatic N) is 3. The van der Waals surface area contributed by atoms with Crippen molar-refractivity contribution < 1.29 is 22.6 Å². The lowest BCUT2D eigenvalue weighted by Gasteiger charge is -2.37. The van der Waals surface area contributed by atoms with Gasteiger partial charge in [0.05, 0.1) is 17.7 Å². The smallest absolute Gasteiger partial charge is 0.375 e. The summed E-state index contributed by atoms with van der Waals surface area (Å²) in [6, 6.07) is 0. The topological polar surface area (TPSA) is 59.0 Å². The highest BCUT2D eigenvalue weighted by molar-refractivity contribution is 7.09. The Bertz CT molecular complexity index is 632. The van der Waals surface area contributed by atoms with Crippen molar-refractivity contribution in [2.45, 2.75) is 44.6 Å². The number of thiazole rings is 1. The third-order valence-electron chi connectivity index (χ3n) is 4.54. The molecule has 0 radical (unpaired) electrons. The number of morpholine rings is 1. The van der Waals surface area contributed by atoms with Crippen molar-refractivity contribution in [3.8, 4) is 0 Å². The molecule has 1 N–H and O–H groups in total. The van der Waals surface area contributed by atoms with E-state index < -0.39 is 11.9 Å². The summed E-state index contributed by atoms with van der Waals surface area (Å²) in [5.74, 6) is 0.761. The van der Waals surface area contributed by atoms with E-state index >= 15 is 0 Å². The number of halogens is 3. The Balaban J connectivity index is 1.57. The summed E-state index contributed by atoms with van der Waals surface area (Å²) in [6.07, 6.45) is -1.78. The third-order valence-corrected chi connectivity index (χ3v) is 5.45. The van der Waals surface area contributed by atoms with Crippen LogP contribution in [0.1, 0.15) is 30.5 Å². The van der Waals surface area contributed by atoms with Crippen LogP contribution in [0.5, 0.6) is 0 Å². The standard InChI is InChI=1S/C17H25F3N4O2S/c1-2-21-16(22-6-5-15-23-14(11-27-15)17(18,19)20)24-7-9-26-13(10-24)12-4-3-8-25-12/h11-13H,2-10H2,1H3,(H,21,22). The predicted octanol–water partition coefficient (Wildman–Crippen LogP) is 2.55. The predicted molar refractivity (Wildman–Crippen MR) is 97.1 cm³/mol. The van der Waals surface area contributed by atoms with Gasteiger partial charge >= 0.3 is 6.18 Å². The van der Waals surface area contributed by atoms with E-state index in [4.69, 9.17) is 9.47 Å². The van der Waals surface area contributed by atoms with Gasteiger partial charge in [0.2, 0.25) is 0 Å². The van der Waals surface area contributed by atoms with E-state index in [0.717, 1.165) is 55.2 Å². The molecule has 2 saturated heterocycles. The van der Waals surface area contributed by atoms with E-state index in [-0.39, 0.29) is 12.2 Å². The normalized spacial score (nSPS) is 24.4. The molecule has 0 bridgehead atoms. The molecule has 2 aliphatic heterocycles. The van der Waals surface area contributed by atoms with E-state index in [1.807, 2.05) is 6.92 Å². The fourth-order valence-electron chi connectivity index (χ4n) is 3.23. The second kappa shape index (κ2) is 9.20. The van der Waals surface area contributed by atoms with Crippen molar-refractivity contribution in [2.24, 2.45) is 4.99 Å². The fraction of sp³-hybridized carbons (Fsp3) is 0.765. The van der Waals surface area contributed by atoms with Gasteiger partial charge in [-0.05, 0) is 19.8 Å². The lowest BCUT2D eigenvalue weighted by atomic mass is 10.1. The lowest BCUT2D eigenvalue weighted by molar-refractivity contribution is -0.140. The molecule has 1 aromatic rings. The van der Waals surface area contributed by atoms with Gasteiger partial charge in [-0.2, -0.15) is 13.2 Å². The molecule has 2 aliphatic rings. The molecular formula is C17H25F3N4O2S. The van der Waals surface area contributed by atoms with Crippen molar-refractivity contribution in [1.82, 2.24) is 15.2 Å². The Hall–Kier alpha value is -1.39. The molecule has 2 unspecified atom stereocenters. The number of guanidine groups is 1. The molecule has 3 heterocycles. The molecule has 0 aromatic carbocycles. The maximum absolute atomic E-state index is 12.6. The van der Waals surface area contributed by atoms with Crippen LogP contribution in [0.3, 0.4) is 0 Å². The summed E-state index contributed by atoms with van der Waals surface area (Å²) in [5, 5.41) is 4.76. The zero-order chi connectivity index (χ0) is 19.3. The first-order valence-corrected chi connectivity index (χ1v) is 10.1. The summed E-state index contributed by atoms with van der Waals surface area (Å²) >= 11 is 1.02. The van der Waals surface area contributed by atoms with Crippen molar-refractivity contribution >= 4 is 17.3 Å². The minimum absolute atomic E-state index is 0.0263. The molecule has 1 aromatic heterocycles. The molecule has 3 rings (SSSR count). The summed E-state index contributed by atoms with van der Waals surface area (Å²) in [5.41, 5.74) is -0.828. The van der Waals surface area contributed by atoms with Gasteiger partial charge in [0.1, 0.15) is 6.10 Å². The van der Waals surface area contributed by atoms with Crippen LogP contribution in [0.25, 0.3) is 0 Å². The second-order valence-corrected chi connectivity index (χ2v) is 7.46. The minimum Gasteiger partial charge on any atom is -0.375 e. The van der Waals surface area contributed by atoms with E-state index in [0.29, 0.717) is 31.1 Å². The fourth-order valence-corrected chi connectivity index (χ4v) is 4.02. The minimum atomic E-state index is -4.39. The van der Waals surface area contributed by atoms with Crippen LogP contribution in [-0.2, 0) is 22.1 Å². The summed E-state index contributed by atoms with van der Waals surface area (Å²) in [7, 11) is 0. The second-order valence-electron chi connectivity index (χ2n) is 6.52. The van der Waals surface area contributed by atoms with Crippen LogP contribution in [-0.4, -0.2) is 67.4 Å². The van der Waals surface area contributed by atoms with Crippen LogP contribution in [0.15, 0.2) is 10.4 Å². The van der Waals surface area contributed by atoms with E-state index in [1.54, 1.807) is 0 Å². The van der Waals surface area contributed by atoms with E-state index in [1.165, 1.54) is 0 Å². The number of aliphatic imine (C=N–C) groups is 1. The number of alkyl halides is 3. The molecule has 0 aliphatic carbocycles. The van der Waals surface area contributed by atoms with Crippen LogP contribution >= 0.6 is 11.3 Å². The molecule has 27 heavy (non-hydrogen) atoms. The first-order chi connectivity index (χ1) is 13.0.